The third-order valence-corrected chi connectivity index (χ3v) is 3.61. The molecule has 1 aromatic carbocycles. The molecular weight excluding hydrogens is 224 g/mol. The Balaban J connectivity index is 2.10. The van der Waals surface area contributed by atoms with E-state index in [1.165, 1.54) is 0 Å². The van der Waals surface area contributed by atoms with Crippen LogP contribution in [0.15, 0.2) is 35.6 Å². The summed E-state index contributed by atoms with van der Waals surface area (Å²) in [6.07, 6.45) is 2.77. The zero-order chi connectivity index (χ0) is 12.8. The van der Waals surface area contributed by atoms with Gasteiger partial charge in [-0.1, -0.05) is 18.2 Å². The quantitative estimate of drug-likeness (QED) is 0.769. The number of hydrazone groups is 1. The first-order valence-corrected chi connectivity index (χ1v) is 6.10. The summed E-state index contributed by atoms with van der Waals surface area (Å²) in [6, 6.07) is 8.05. The van der Waals surface area contributed by atoms with Crippen LogP contribution in [0.3, 0.4) is 0 Å². The van der Waals surface area contributed by atoms with E-state index in [9.17, 15) is 0 Å². The minimum atomic E-state index is -0.228. The zero-order valence-electron chi connectivity index (χ0n) is 10.9. The first kappa shape index (κ1) is 11.1. The lowest BCUT2D eigenvalue weighted by Crippen LogP contribution is -2.36. The zero-order valence-corrected chi connectivity index (χ0v) is 10.9. The largest absolute Gasteiger partial charge is 0.286 e. The number of hydrogen-bond donors (Lipinski definition) is 0. The fourth-order valence-electron chi connectivity index (χ4n) is 2.47. The molecule has 4 heteroatoms. The Morgan fingerprint density at radius 1 is 1.28 bits per heavy atom. The van der Waals surface area contributed by atoms with Gasteiger partial charge in [0.25, 0.3) is 0 Å². The fraction of sp³-hybridized carbons (Fsp3) is 0.357. The van der Waals surface area contributed by atoms with Crippen LogP contribution < -0.4 is 0 Å². The maximum Gasteiger partial charge on any atom is 0.156 e. The van der Waals surface area contributed by atoms with Crippen molar-refractivity contribution >= 4 is 16.6 Å². The maximum atomic E-state index is 4.69. The topological polar surface area (TPSA) is 41.4 Å². The van der Waals surface area contributed by atoms with Crippen molar-refractivity contribution < 1.29 is 0 Å². The van der Waals surface area contributed by atoms with Gasteiger partial charge in [0.2, 0.25) is 0 Å². The Labute approximate surface area is 106 Å². The molecule has 2 aromatic rings. The van der Waals surface area contributed by atoms with E-state index in [1.54, 1.807) is 0 Å². The average Bonchev–Trinajstić information content (AvgIpc) is 2.63. The van der Waals surface area contributed by atoms with Gasteiger partial charge in [0.15, 0.2) is 5.82 Å². The Kier molecular flexibility index (Phi) is 2.33. The molecule has 0 fully saturated rings. The Hall–Kier alpha value is -1.97. The highest BCUT2D eigenvalue weighted by atomic mass is 15.5. The van der Waals surface area contributed by atoms with E-state index in [0.717, 1.165) is 28.9 Å². The van der Waals surface area contributed by atoms with Gasteiger partial charge in [0.05, 0.1) is 5.52 Å². The average molecular weight is 240 g/mol. The van der Waals surface area contributed by atoms with Crippen molar-refractivity contribution in [3.63, 3.8) is 0 Å². The van der Waals surface area contributed by atoms with Crippen molar-refractivity contribution in [2.45, 2.75) is 25.8 Å². The van der Waals surface area contributed by atoms with Crippen molar-refractivity contribution in [1.82, 2.24) is 15.0 Å². The van der Waals surface area contributed by atoms with Crippen LogP contribution in [0.2, 0.25) is 0 Å². The Morgan fingerprint density at radius 2 is 2.06 bits per heavy atom. The van der Waals surface area contributed by atoms with Crippen molar-refractivity contribution in [2.24, 2.45) is 5.10 Å². The summed E-state index contributed by atoms with van der Waals surface area (Å²) in [5, 5.41) is 7.51. The van der Waals surface area contributed by atoms with Crippen LogP contribution in [-0.2, 0) is 5.54 Å². The molecule has 0 bridgehead atoms. The molecule has 92 valence electrons. The molecule has 3 rings (SSSR count). The van der Waals surface area contributed by atoms with Gasteiger partial charge < -0.3 is 0 Å². The van der Waals surface area contributed by atoms with E-state index in [4.69, 9.17) is 0 Å². The molecule has 0 radical (unpaired) electrons. The number of aromatic nitrogens is 2. The Bertz CT molecular complexity index is 634. The number of fused-ring (bicyclic) bond motifs is 1. The molecule has 1 aromatic heterocycles. The minimum absolute atomic E-state index is 0.228. The van der Waals surface area contributed by atoms with Gasteiger partial charge in [-0.2, -0.15) is 5.10 Å². The SMILES string of the molecule is CC1=NN(C)C(C)(c2ncc3ccccc3n2)C1. The third kappa shape index (κ3) is 1.56. The molecule has 0 amide bonds. The molecule has 1 unspecified atom stereocenters. The van der Waals surface area contributed by atoms with Crippen LogP contribution >= 0.6 is 0 Å². The van der Waals surface area contributed by atoms with Crippen molar-refractivity contribution in [3.05, 3.63) is 36.3 Å². The molecule has 0 spiro atoms. The molecule has 1 aliphatic heterocycles. The van der Waals surface area contributed by atoms with Gasteiger partial charge in [-0.15, -0.1) is 0 Å². The van der Waals surface area contributed by atoms with Gasteiger partial charge in [0, 0.05) is 30.8 Å². The van der Waals surface area contributed by atoms with Crippen molar-refractivity contribution in [3.8, 4) is 0 Å². The van der Waals surface area contributed by atoms with Crippen LogP contribution in [0.25, 0.3) is 10.9 Å². The molecule has 0 saturated heterocycles. The summed E-state index contributed by atoms with van der Waals surface area (Å²) in [5.74, 6) is 0.837. The summed E-state index contributed by atoms with van der Waals surface area (Å²) in [7, 11) is 1.98. The summed E-state index contributed by atoms with van der Waals surface area (Å²) < 4.78 is 0. The number of benzene rings is 1. The molecule has 1 aliphatic rings. The summed E-state index contributed by atoms with van der Waals surface area (Å²) >= 11 is 0. The molecule has 0 aliphatic carbocycles. The van der Waals surface area contributed by atoms with Crippen LogP contribution in [0.1, 0.15) is 26.1 Å². The molecule has 0 saturated carbocycles. The first-order chi connectivity index (χ1) is 8.59. The van der Waals surface area contributed by atoms with Gasteiger partial charge in [-0.25, -0.2) is 9.97 Å². The van der Waals surface area contributed by atoms with E-state index in [1.807, 2.05) is 49.4 Å². The Morgan fingerprint density at radius 3 is 2.78 bits per heavy atom. The second-order valence-electron chi connectivity index (χ2n) is 5.06. The fourth-order valence-corrected chi connectivity index (χ4v) is 2.47. The highest BCUT2D eigenvalue weighted by Crippen LogP contribution is 2.34. The van der Waals surface area contributed by atoms with Gasteiger partial charge in [-0.3, -0.25) is 5.01 Å². The predicted octanol–water partition coefficient (Wildman–Crippen LogP) is 2.56. The van der Waals surface area contributed by atoms with Crippen LogP contribution in [-0.4, -0.2) is 27.7 Å². The number of para-hydroxylation sites is 1. The highest BCUT2D eigenvalue weighted by Gasteiger charge is 2.39. The second kappa shape index (κ2) is 3.77. The minimum Gasteiger partial charge on any atom is -0.286 e. The van der Waals surface area contributed by atoms with Gasteiger partial charge in [0.1, 0.15) is 5.54 Å². The maximum absolute atomic E-state index is 4.69. The lowest BCUT2D eigenvalue weighted by molar-refractivity contribution is 0.163. The lowest BCUT2D eigenvalue weighted by Gasteiger charge is -2.29. The van der Waals surface area contributed by atoms with Crippen LogP contribution in [0, 0.1) is 0 Å². The molecule has 0 N–H and O–H groups in total. The normalized spacial score (nSPS) is 23.5. The van der Waals surface area contributed by atoms with Crippen LogP contribution in [0.4, 0.5) is 0 Å². The summed E-state index contributed by atoms with van der Waals surface area (Å²) in [5.41, 5.74) is 1.88. The molecular formula is C14H16N4. The van der Waals surface area contributed by atoms with Gasteiger partial charge >= 0.3 is 0 Å². The number of rotatable bonds is 1. The highest BCUT2D eigenvalue weighted by molar-refractivity contribution is 5.84. The van der Waals surface area contributed by atoms with E-state index >= 15 is 0 Å². The molecule has 18 heavy (non-hydrogen) atoms. The smallest absolute Gasteiger partial charge is 0.156 e. The van der Waals surface area contributed by atoms with E-state index in [0.29, 0.717) is 0 Å². The van der Waals surface area contributed by atoms with Crippen molar-refractivity contribution in [1.29, 1.82) is 0 Å². The van der Waals surface area contributed by atoms with Crippen molar-refractivity contribution in [2.75, 3.05) is 7.05 Å². The number of nitrogens with zero attached hydrogens (tertiary/aromatic N) is 4. The monoisotopic (exact) mass is 240 g/mol. The molecule has 1 atom stereocenters. The summed E-state index contributed by atoms with van der Waals surface area (Å²) in [4.78, 5) is 9.21. The van der Waals surface area contributed by atoms with Gasteiger partial charge in [-0.05, 0) is 19.9 Å². The first-order valence-electron chi connectivity index (χ1n) is 6.10. The lowest BCUT2D eigenvalue weighted by atomic mass is 9.95. The second-order valence-corrected chi connectivity index (χ2v) is 5.06. The van der Waals surface area contributed by atoms with E-state index < -0.39 is 0 Å². The number of hydrogen-bond acceptors (Lipinski definition) is 4. The van der Waals surface area contributed by atoms with E-state index in [-0.39, 0.29) is 5.54 Å². The van der Waals surface area contributed by atoms with E-state index in [2.05, 4.69) is 22.0 Å². The van der Waals surface area contributed by atoms with Crippen LogP contribution in [0.5, 0.6) is 0 Å². The predicted molar refractivity (Wildman–Crippen MR) is 72.4 cm³/mol. The molecule has 4 nitrogen and oxygen atoms in total. The third-order valence-electron chi connectivity index (χ3n) is 3.61. The summed E-state index contributed by atoms with van der Waals surface area (Å²) in [6.45, 7) is 4.18. The molecule has 2 heterocycles. The standard InChI is InChI=1S/C14H16N4/c1-10-8-14(2,18(3)17-10)13-15-9-11-6-4-5-7-12(11)16-13/h4-7,9H,8H2,1-3H3.